The third-order valence-corrected chi connectivity index (χ3v) is 4.44. The van der Waals surface area contributed by atoms with E-state index < -0.39 is 15.4 Å². The maximum atomic E-state index is 12.0. The first-order valence-corrected chi connectivity index (χ1v) is 7.55. The summed E-state index contributed by atoms with van der Waals surface area (Å²) in [6.07, 6.45) is 0. The maximum Gasteiger partial charge on any atom is 0.179 e. The molecule has 0 saturated heterocycles. The van der Waals surface area contributed by atoms with Crippen molar-refractivity contribution < 1.29 is 13.5 Å². The molecule has 2 N–H and O–H groups in total. The van der Waals surface area contributed by atoms with Crippen molar-refractivity contribution in [2.75, 3.05) is 18.9 Å². The lowest BCUT2D eigenvalue weighted by Gasteiger charge is -2.23. The van der Waals surface area contributed by atoms with Crippen LogP contribution in [0.1, 0.15) is 19.4 Å². The Labute approximate surface area is 113 Å². The number of rotatable bonds is 6. The highest BCUT2D eigenvalue weighted by molar-refractivity contribution is 7.91. The summed E-state index contributed by atoms with van der Waals surface area (Å²) in [7, 11) is -3.37. The molecule has 0 radical (unpaired) electrons. The Hall–Kier alpha value is -1.42. The summed E-state index contributed by atoms with van der Waals surface area (Å²) < 4.78 is 24.0. The fourth-order valence-electron chi connectivity index (χ4n) is 1.43. The van der Waals surface area contributed by atoms with Gasteiger partial charge in [0.1, 0.15) is 0 Å². The van der Waals surface area contributed by atoms with Crippen LogP contribution >= 0.6 is 0 Å². The second-order valence-electron chi connectivity index (χ2n) is 4.92. The van der Waals surface area contributed by atoms with E-state index in [1.165, 1.54) is 24.3 Å². The van der Waals surface area contributed by atoms with Crippen molar-refractivity contribution in [3.8, 4) is 6.07 Å². The molecule has 0 aromatic heterocycles. The van der Waals surface area contributed by atoms with Crippen LogP contribution < -0.4 is 5.32 Å². The van der Waals surface area contributed by atoms with E-state index in [1.807, 2.05) is 6.07 Å². The zero-order valence-corrected chi connectivity index (χ0v) is 11.9. The number of aliphatic hydroxyl groups excluding tert-OH is 1. The fourth-order valence-corrected chi connectivity index (χ4v) is 2.59. The van der Waals surface area contributed by atoms with E-state index in [4.69, 9.17) is 10.4 Å². The molecule has 0 aliphatic carbocycles. The summed E-state index contributed by atoms with van der Waals surface area (Å²) in [6.45, 7) is 3.78. The van der Waals surface area contributed by atoms with Crippen LogP contribution in [-0.2, 0) is 9.84 Å². The van der Waals surface area contributed by atoms with Gasteiger partial charge in [0.2, 0.25) is 0 Å². The third kappa shape index (κ3) is 4.63. The number of nitrogens with zero attached hydrogens (tertiary/aromatic N) is 1. The Bertz CT molecular complexity index is 557. The number of nitrogens with one attached hydrogen (secondary N) is 1. The number of aliphatic hydroxyl groups is 1. The van der Waals surface area contributed by atoms with E-state index >= 15 is 0 Å². The summed E-state index contributed by atoms with van der Waals surface area (Å²) in [5.41, 5.74) is -0.0707. The number of nitriles is 1. The van der Waals surface area contributed by atoms with Crippen molar-refractivity contribution in [2.24, 2.45) is 0 Å². The lowest BCUT2D eigenvalue weighted by atomic mass is 10.1. The van der Waals surface area contributed by atoms with Crippen LogP contribution in [-0.4, -0.2) is 38.0 Å². The van der Waals surface area contributed by atoms with Gasteiger partial charge in [-0.15, -0.1) is 0 Å². The van der Waals surface area contributed by atoms with Crippen LogP contribution in [0.25, 0.3) is 0 Å². The van der Waals surface area contributed by atoms with Gasteiger partial charge in [-0.1, -0.05) is 0 Å². The summed E-state index contributed by atoms with van der Waals surface area (Å²) >= 11 is 0. The van der Waals surface area contributed by atoms with Gasteiger partial charge < -0.3 is 10.4 Å². The SMILES string of the molecule is CC(C)(CO)NCCS(=O)(=O)c1ccc(C#N)cc1. The van der Waals surface area contributed by atoms with Gasteiger partial charge in [0.15, 0.2) is 9.84 Å². The van der Waals surface area contributed by atoms with Crippen molar-refractivity contribution >= 4 is 9.84 Å². The molecule has 5 nitrogen and oxygen atoms in total. The number of hydrogen-bond acceptors (Lipinski definition) is 5. The number of hydrogen-bond donors (Lipinski definition) is 2. The first kappa shape index (κ1) is 15.6. The molecular formula is C13H18N2O3S. The largest absolute Gasteiger partial charge is 0.394 e. The molecule has 0 heterocycles. The van der Waals surface area contributed by atoms with Gasteiger partial charge in [0.05, 0.1) is 28.9 Å². The quantitative estimate of drug-likeness (QED) is 0.801. The average Bonchev–Trinajstić information content (AvgIpc) is 2.38. The van der Waals surface area contributed by atoms with Crippen LogP contribution in [0.4, 0.5) is 0 Å². The molecule has 104 valence electrons. The molecule has 19 heavy (non-hydrogen) atoms. The first-order chi connectivity index (χ1) is 8.80. The minimum absolute atomic E-state index is 0.0532. The molecule has 0 bridgehead atoms. The number of benzene rings is 1. The van der Waals surface area contributed by atoms with E-state index in [0.29, 0.717) is 5.56 Å². The van der Waals surface area contributed by atoms with E-state index in [1.54, 1.807) is 13.8 Å². The van der Waals surface area contributed by atoms with Gasteiger partial charge >= 0.3 is 0 Å². The molecule has 0 spiro atoms. The molecule has 1 aromatic carbocycles. The van der Waals surface area contributed by atoms with Gasteiger partial charge in [-0.3, -0.25) is 0 Å². The first-order valence-electron chi connectivity index (χ1n) is 5.89. The minimum atomic E-state index is -3.37. The second kappa shape index (κ2) is 6.15. The highest BCUT2D eigenvalue weighted by atomic mass is 32.2. The molecule has 0 amide bonds. The van der Waals surface area contributed by atoms with Gasteiger partial charge in [0.25, 0.3) is 0 Å². The van der Waals surface area contributed by atoms with Crippen LogP contribution in [0, 0.1) is 11.3 Å². The molecule has 0 aliphatic rings. The smallest absolute Gasteiger partial charge is 0.179 e. The van der Waals surface area contributed by atoms with Crippen molar-refractivity contribution in [1.82, 2.24) is 5.32 Å². The predicted molar refractivity (Wildman–Crippen MR) is 72.4 cm³/mol. The Morgan fingerprint density at radius 2 is 1.89 bits per heavy atom. The average molecular weight is 282 g/mol. The van der Waals surface area contributed by atoms with Gasteiger partial charge in [-0.2, -0.15) is 5.26 Å². The summed E-state index contributed by atoms with van der Waals surface area (Å²) in [5.74, 6) is -0.0532. The summed E-state index contributed by atoms with van der Waals surface area (Å²) in [4.78, 5) is 0.204. The molecular weight excluding hydrogens is 264 g/mol. The van der Waals surface area contributed by atoms with Crippen molar-refractivity contribution in [2.45, 2.75) is 24.3 Å². The predicted octanol–water partition coefficient (Wildman–Crippen LogP) is 0.692. The van der Waals surface area contributed by atoms with Crippen molar-refractivity contribution in [3.05, 3.63) is 29.8 Å². The summed E-state index contributed by atoms with van der Waals surface area (Å²) in [6, 6.07) is 7.78. The molecule has 0 fully saturated rings. The third-order valence-electron chi connectivity index (χ3n) is 2.71. The zero-order chi connectivity index (χ0) is 14.5. The molecule has 0 unspecified atom stereocenters. The van der Waals surface area contributed by atoms with Crippen molar-refractivity contribution in [3.63, 3.8) is 0 Å². The molecule has 0 atom stereocenters. The van der Waals surface area contributed by atoms with Gasteiger partial charge in [-0.25, -0.2) is 8.42 Å². The lowest BCUT2D eigenvalue weighted by Crippen LogP contribution is -2.44. The molecule has 6 heteroatoms. The van der Waals surface area contributed by atoms with E-state index in [-0.39, 0.29) is 23.8 Å². The zero-order valence-electron chi connectivity index (χ0n) is 11.0. The van der Waals surface area contributed by atoms with E-state index in [9.17, 15) is 8.42 Å². The Kier molecular flexibility index (Phi) is 5.06. The standard InChI is InChI=1S/C13H18N2O3S/c1-13(2,10-16)15-7-8-19(17,18)12-5-3-11(9-14)4-6-12/h3-6,15-16H,7-8,10H2,1-2H3. The lowest BCUT2D eigenvalue weighted by molar-refractivity contribution is 0.191. The van der Waals surface area contributed by atoms with Crippen LogP contribution in [0.2, 0.25) is 0 Å². The topological polar surface area (TPSA) is 90.2 Å². The Morgan fingerprint density at radius 1 is 1.32 bits per heavy atom. The number of sulfone groups is 1. The maximum absolute atomic E-state index is 12.0. The molecule has 1 aromatic rings. The highest BCUT2D eigenvalue weighted by Crippen LogP contribution is 2.12. The highest BCUT2D eigenvalue weighted by Gasteiger charge is 2.18. The minimum Gasteiger partial charge on any atom is -0.394 e. The molecule has 1 rings (SSSR count). The van der Waals surface area contributed by atoms with Crippen LogP contribution in [0.3, 0.4) is 0 Å². The fraction of sp³-hybridized carbons (Fsp3) is 0.462. The van der Waals surface area contributed by atoms with Crippen molar-refractivity contribution in [1.29, 1.82) is 5.26 Å². The molecule has 0 saturated carbocycles. The monoisotopic (exact) mass is 282 g/mol. The second-order valence-corrected chi connectivity index (χ2v) is 7.03. The van der Waals surface area contributed by atoms with Crippen LogP contribution in [0.5, 0.6) is 0 Å². The Balaban J connectivity index is 2.68. The molecule has 0 aliphatic heterocycles. The van der Waals surface area contributed by atoms with Crippen LogP contribution in [0.15, 0.2) is 29.2 Å². The summed E-state index contributed by atoms with van der Waals surface area (Å²) in [5, 5.41) is 20.7. The van der Waals surface area contributed by atoms with E-state index in [2.05, 4.69) is 5.32 Å². The van der Waals surface area contributed by atoms with E-state index in [0.717, 1.165) is 0 Å². The van der Waals surface area contributed by atoms with Gasteiger partial charge in [-0.05, 0) is 38.1 Å². The normalized spacial score (nSPS) is 12.1. The van der Waals surface area contributed by atoms with Gasteiger partial charge in [0, 0.05) is 12.1 Å². The Morgan fingerprint density at radius 3 is 2.37 bits per heavy atom.